The quantitative estimate of drug-likeness (QED) is 0.0401. The Bertz CT molecular complexity index is 2380. The molecular formula is C56H66N4O12. The van der Waals surface area contributed by atoms with E-state index in [0.717, 1.165) is 11.1 Å². The molecule has 2 amide bonds. The number of aliphatic hydroxyl groups excluding tert-OH is 2. The topological polar surface area (TPSA) is 256 Å². The third kappa shape index (κ3) is 14.3. The van der Waals surface area contributed by atoms with Crippen molar-refractivity contribution in [2.24, 2.45) is 35.1 Å². The van der Waals surface area contributed by atoms with Gasteiger partial charge in [-0.25, -0.2) is 0 Å². The number of hydrogen-bond acceptors (Lipinski definition) is 14. The number of rotatable bonds is 25. The van der Waals surface area contributed by atoms with Gasteiger partial charge in [-0.15, -0.1) is 0 Å². The van der Waals surface area contributed by atoms with E-state index in [1.807, 2.05) is 24.3 Å². The highest BCUT2D eigenvalue weighted by molar-refractivity contribution is 5.95. The number of fused-ring (bicyclic) bond motifs is 2. The van der Waals surface area contributed by atoms with Gasteiger partial charge in [-0.05, 0) is 82.4 Å². The van der Waals surface area contributed by atoms with Gasteiger partial charge in [0, 0.05) is 0 Å². The fraction of sp³-hybridized carbons (Fsp3) is 0.393. The lowest BCUT2D eigenvalue weighted by atomic mass is 9.93. The molecule has 72 heavy (non-hydrogen) atoms. The van der Waals surface area contributed by atoms with E-state index in [1.54, 1.807) is 113 Å². The van der Waals surface area contributed by atoms with Crippen molar-refractivity contribution in [1.82, 2.24) is 10.6 Å². The third-order valence-corrected chi connectivity index (χ3v) is 13.0. The molecule has 0 saturated carbocycles. The highest BCUT2D eigenvalue weighted by atomic mass is 16.5. The number of amides is 2. The number of ketones is 2. The van der Waals surface area contributed by atoms with Gasteiger partial charge in [0.1, 0.15) is 37.5 Å². The molecular weight excluding hydrogens is 921 g/mol. The van der Waals surface area contributed by atoms with Gasteiger partial charge in [-0.2, -0.15) is 0 Å². The van der Waals surface area contributed by atoms with Crippen molar-refractivity contribution in [3.63, 3.8) is 0 Å². The lowest BCUT2D eigenvalue weighted by molar-refractivity contribution is -0.171. The molecule has 0 saturated heterocycles. The molecule has 16 nitrogen and oxygen atoms in total. The molecule has 8 N–H and O–H groups in total. The van der Waals surface area contributed by atoms with Crippen LogP contribution in [0.2, 0.25) is 0 Å². The summed E-state index contributed by atoms with van der Waals surface area (Å²) in [6.07, 6.45) is -2.00. The molecule has 0 radical (unpaired) electrons. The summed E-state index contributed by atoms with van der Waals surface area (Å²) in [5.74, 6) is -5.67. The monoisotopic (exact) mass is 986 g/mol. The minimum absolute atomic E-state index is 0.148. The zero-order chi connectivity index (χ0) is 51.9. The summed E-state index contributed by atoms with van der Waals surface area (Å²) in [6.45, 7) is 6.36. The Balaban J connectivity index is 1.25. The van der Waals surface area contributed by atoms with E-state index in [2.05, 4.69) is 10.6 Å². The van der Waals surface area contributed by atoms with E-state index in [-0.39, 0.29) is 62.7 Å². The molecule has 0 aliphatic heterocycles. The van der Waals surface area contributed by atoms with Crippen LogP contribution in [0.3, 0.4) is 0 Å². The number of aliphatic hydroxyl groups is 2. The van der Waals surface area contributed by atoms with Crippen LogP contribution in [0.25, 0.3) is 0 Å². The Morgan fingerprint density at radius 2 is 0.903 bits per heavy atom. The van der Waals surface area contributed by atoms with Gasteiger partial charge in [0.25, 0.3) is 11.8 Å². The molecule has 4 aromatic carbocycles. The molecule has 0 spiro atoms. The first-order valence-corrected chi connectivity index (χ1v) is 24.2. The highest BCUT2D eigenvalue weighted by Gasteiger charge is 2.45. The molecule has 382 valence electrons. The van der Waals surface area contributed by atoms with Crippen molar-refractivity contribution in [2.45, 2.75) is 102 Å². The van der Waals surface area contributed by atoms with Gasteiger partial charge in [0.05, 0.1) is 37.1 Å². The van der Waals surface area contributed by atoms with Crippen LogP contribution in [0.1, 0.15) is 73.2 Å². The maximum atomic E-state index is 14.7. The molecule has 0 fully saturated rings. The van der Waals surface area contributed by atoms with Crippen LogP contribution in [0.5, 0.6) is 0 Å². The van der Waals surface area contributed by atoms with Crippen LogP contribution in [-0.2, 0) is 73.8 Å². The van der Waals surface area contributed by atoms with E-state index >= 15 is 0 Å². The van der Waals surface area contributed by atoms with Crippen LogP contribution < -0.4 is 22.1 Å². The molecule has 2 aliphatic rings. The standard InChI is InChI=1S/C56H66N4O12/c1-33(2)45(57)55(67)69-27-15-25-43(61)41-29-37-21-11-13-23-39(37)47(41)59-53(65)51(71-31-35-17-7-5-8-18-35)49(63)50(64)52(72-32-36-19-9-6-10-20-36)54(66)60-48-40-24-14-12-22-38(40)30-42(48)44(62)26-16-28-70-56(68)46(58)34(3)4/h5-26,33-34,41-42,45-52,63-64H,27-32,57-58H2,1-4H3,(H,59,65)(H,60,66)/b25-15-,26-16-/t41-,42-,45-,46-,47+,48+,49+,50+,51+,52+/m0/s1. The van der Waals surface area contributed by atoms with Gasteiger partial charge < -0.3 is 51.3 Å². The van der Waals surface area contributed by atoms with Crippen molar-refractivity contribution in [3.8, 4) is 0 Å². The Morgan fingerprint density at radius 3 is 1.26 bits per heavy atom. The first kappa shape index (κ1) is 54.7. The number of carbonyl (C=O) groups excluding carboxylic acids is 6. The second-order valence-corrected chi connectivity index (χ2v) is 18.8. The third-order valence-electron chi connectivity index (χ3n) is 13.0. The summed E-state index contributed by atoms with van der Waals surface area (Å²) in [4.78, 5) is 81.7. The maximum absolute atomic E-state index is 14.7. The minimum Gasteiger partial charge on any atom is -0.460 e. The van der Waals surface area contributed by atoms with E-state index in [4.69, 9.17) is 30.4 Å². The van der Waals surface area contributed by atoms with Gasteiger partial charge in [0.2, 0.25) is 0 Å². The molecule has 6 rings (SSSR count). The second-order valence-electron chi connectivity index (χ2n) is 18.8. The molecule has 2 aliphatic carbocycles. The SMILES string of the molecule is CC(C)[C@H](N)C(=O)OC/C=C\C(=O)[C@@H]1Cc2ccccc2[C@H]1NC(=O)[C@H](OCc1ccccc1)[C@H](O)[C@@H](O)[C@@H](OCc1ccccc1)C(=O)N[C@@H]1c2ccccc2C[C@H]1C(=O)/C=C\COC(=O)[C@@H](N)C(C)C. The van der Waals surface area contributed by atoms with E-state index < -0.39 is 84.2 Å². The normalized spacial score (nSPS) is 19.8. The number of esters is 2. The van der Waals surface area contributed by atoms with Crippen molar-refractivity contribution < 1.29 is 57.9 Å². The molecule has 10 atom stereocenters. The fourth-order valence-electron chi connectivity index (χ4n) is 8.66. The summed E-state index contributed by atoms with van der Waals surface area (Å²) in [6, 6.07) is 28.6. The molecule has 0 heterocycles. The lowest BCUT2D eigenvalue weighted by Gasteiger charge is -2.33. The average Bonchev–Trinajstić information content (AvgIpc) is 3.94. The van der Waals surface area contributed by atoms with Crippen molar-refractivity contribution in [2.75, 3.05) is 13.2 Å². The summed E-state index contributed by atoms with van der Waals surface area (Å²) < 4.78 is 22.8. The number of nitrogens with one attached hydrogen (secondary N) is 2. The van der Waals surface area contributed by atoms with Gasteiger partial charge >= 0.3 is 11.9 Å². The van der Waals surface area contributed by atoms with Crippen LogP contribution in [-0.4, -0.2) is 95.2 Å². The van der Waals surface area contributed by atoms with E-state index in [0.29, 0.717) is 22.3 Å². The van der Waals surface area contributed by atoms with E-state index in [9.17, 15) is 39.0 Å². The number of benzene rings is 4. The Kier molecular flexibility index (Phi) is 19.9. The minimum atomic E-state index is -2.11. The number of hydrogen-bond donors (Lipinski definition) is 6. The molecule has 0 aromatic heterocycles. The van der Waals surface area contributed by atoms with Gasteiger partial charge in [-0.1, -0.05) is 137 Å². The zero-order valence-electron chi connectivity index (χ0n) is 41.0. The number of ether oxygens (including phenoxy) is 4. The number of nitrogens with two attached hydrogens (primary N) is 2. The molecule has 0 unspecified atom stereocenters. The lowest BCUT2D eigenvalue weighted by Crippen LogP contribution is -2.57. The van der Waals surface area contributed by atoms with Crippen LogP contribution in [0.4, 0.5) is 0 Å². The van der Waals surface area contributed by atoms with Crippen LogP contribution in [0, 0.1) is 23.7 Å². The maximum Gasteiger partial charge on any atom is 0.323 e. The highest BCUT2D eigenvalue weighted by Crippen LogP contribution is 2.39. The average molecular weight is 987 g/mol. The first-order valence-electron chi connectivity index (χ1n) is 24.2. The van der Waals surface area contributed by atoms with Gasteiger partial charge in [0.15, 0.2) is 23.8 Å². The number of allylic oxidation sites excluding steroid dienone is 2. The largest absolute Gasteiger partial charge is 0.460 e. The fourth-order valence-corrected chi connectivity index (χ4v) is 8.66. The smallest absolute Gasteiger partial charge is 0.323 e. The molecule has 16 heteroatoms. The summed E-state index contributed by atoms with van der Waals surface area (Å²) in [5, 5.41) is 30.2. The summed E-state index contributed by atoms with van der Waals surface area (Å²) >= 11 is 0. The molecule has 4 aromatic rings. The zero-order valence-corrected chi connectivity index (χ0v) is 41.0. The summed E-state index contributed by atoms with van der Waals surface area (Å²) in [7, 11) is 0. The van der Waals surface area contributed by atoms with E-state index in [1.165, 1.54) is 24.3 Å². The van der Waals surface area contributed by atoms with Crippen LogP contribution >= 0.6 is 0 Å². The van der Waals surface area contributed by atoms with Gasteiger partial charge in [-0.3, -0.25) is 28.8 Å². The van der Waals surface area contributed by atoms with Crippen molar-refractivity contribution in [1.29, 1.82) is 0 Å². The number of carbonyl (C=O) groups is 6. The first-order chi connectivity index (χ1) is 34.5. The Morgan fingerprint density at radius 1 is 0.556 bits per heavy atom. The summed E-state index contributed by atoms with van der Waals surface area (Å²) in [5.41, 5.74) is 16.0. The predicted octanol–water partition coefficient (Wildman–Crippen LogP) is 4.24. The van der Waals surface area contributed by atoms with Crippen molar-refractivity contribution >= 4 is 35.3 Å². The Hall–Kier alpha value is -6.66. The molecule has 0 bridgehead atoms. The predicted molar refractivity (Wildman–Crippen MR) is 267 cm³/mol. The Labute approximate surface area is 420 Å². The van der Waals surface area contributed by atoms with Crippen molar-refractivity contribution in [3.05, 3.63) is 167 Å². The second kappa shape index (κ2) is 26.2. The van der Waals surface area contributed by atoms with Crippen LogP contribution in [0.15, 0.2) is 133 Å².